The van der Waals surface area contributed by atoms with E-state index in [4.69, 9.17) is 0 Å². The number of nitrogens with zero attached hydrogens (tertiary/aromatic N) is 2. The standard InChI is InChI=1S/C19H17N.C14H15N.C13H11N.C13H13N.C12H10.2C10H8.2C8H11N.15C2H6/c1-16-12-14-19(15-13-16)20(17-8-4-2-5-9-17)18-10-6-3-7-11-18;1-12-8-10-14(11-9-12)15(2)13-6-4-3-5-7-13;1-9-6-7-13-11(8-9)10-4-2-3-5-12(10)14-13;1-11-7-9-13(10-8-11)14-12-5-3-2-4-6-12;1-3-7-11(8-4-1)12-9-5-2-6-10-12;2*1-2-6-10-8-4-3-7-9(10)5-1;2*1-7-3-5-8(9-2)6-4-7;15*1-2/h2-15H,1H3;3-11H,1-2H3;2-8,14H,1H3;2-10,14H,1H3;1-10H;2*1-8H;2*3-6,9H,1-2H3;15*1-2H3. The number of aryl methyl sites for hydroxylation is 6. The zero-order chi connectivity index (χ0) is 109. The number of fused-ring (bicyclic) bond motifs is 5. The summed E-state index contributed by atoms with van der Waals surface area (Å²) in [5.74, 6) is 0. The molecule has 4 N–H and O–H groups in total. The van der Waals surface area contributed by atoms with Crippen molar-refractivity contribution < 1.29 is 0 Å². The Labute approximate surface area is 877 Å². The van der Waals surface area contributed by atoms with Gasteiger partial charge in [0.2, 0.25) is 0 Å². The molecule has 0 saturated heterocycles. The van der Waals surface area contributed by atoms with Gasteiger partial charge in [-0.2, -0.15) is 0 Å². The second kappa shape index (κ2) is 99.6. The zero-order valence-electron chi connectivity index (χ0n) is 96.5. The molecule has 0 atom stereocenters. The molecule has 0 spiro atoms. The molecular formula is C137H194N6. The fourth-order valence-corrected chi connectivity index (χ4v) is 12.1. The molecule has 0 bridgehead atoms. The molecule has 0 fully saturated rings. The molecule has 0 aliphatic rings. The second-order valence-corrected chi connectivity index (χ2v) is 27.3. The molecule has 18 rings (SSSR count). The summed E-state index contributed by atoms with van der Waals surface area (Å²) >= 11 is 0. The first-order valence-electron chi connectivity index (χ1n) is 53.5. The van der Waals surface area contributed by atoms with Gasteiger partial charge in [0, 0.05) is 94.1 Å². The van der Waals surface area contributed by atoms with Gasteiger partial charge in [-0.15, -0.1) is 0 Å². The number of hydrogen-bond acceptors (Lipinski definition) is 5. The van der Waals surface area contributed by atoms with Crippen molar-refractivity contribution in [1.82, 2.24) is 4.98 Å². The largest absolute Gasteiger partial charge is 0.388 e. The summed E-state index contributed by atoms with van der Waals surface area (Å²) in [6.45, 7) is 72.6. The Morgan fingerprint density at radius 3 is 0.671 bits per heavy atom. The molecule has 0 radical (unpaired) electrons. The number of para-hydroxylation sites is 5. The minimum Gasteiger partial charge on any atom is -0.388 e. The summed E-state index contributed by atoms with van der Waals surface area (Å²) in [7, 11) is 5.93. The van der Waals surface area contributed by atoms with Crippen molar-refractivity contribution in [2.75, 3.05) is 46.9 Å². The summed E-state index contributed by atoms with van der Waals surface area (Å²) in [5.41, 5.74) is 23.3. The van der Waals surface area contributed by atoms with Gasteiger partial charge in [-0.1, -0.05) is 557 Å². The van der Waals surface area contributed by atoms with E-state index in [1.165, 1.54) is 128 Å². The number of anilines is 9. The second-order valence-electron chi connectivity index (χ2n) is 27.3. The van der Waals surface area contributed by atoms with E-state index in [1.54, 1.807) is 0 Å². The maximum Gasteiger partial charge on any atom is 0.0465 e. The van der Waals surface area contributed by atoms with E-state index in [2.05, 4.69) is 474 Å². The number of benzene rings is 17. The highest BCUT2D eigenvalue weighted by molar-refractivity contribution is 6.07. The molecule has 18 aromatic rings. The predicted molar refractivity (Wildman–Crippen MR) is 664 cm³/mol. The first-order chi connectivity index (χ1) is 70.4. The van der Waals surface area contributed by atoms with Crippen LogP contribution in [-0.2, 0) is 0 Å². The molecule has 0 unspecified atom stereocenters. The lowest BCUT2D eigenvalue weighted by molar-refractivity contribution is 1.20. The Hall–Kier alpha value is -13.9. The minimum atomic E-state index is 1.12. The fourth-order valence-electron chi connectivity index (χ4n) is 12.1. The van der Waals surface area contributed by atoms with Crippen molar-refractivity contribution in [3.8, 4) is 11.1 Å². The van der Waals surface area contributed by atoms with Crippen LogP contribution in [0.1, 0.15) is 241 Å². The van der Waals surface area contributed by atoms with Gasteiger partial charge in [-0.25, -0.2) is 0 Å². The quantitative estimate of drug-likeness (QED) is 0.110. The Kier molecular flexibility index (Phi) is 97.4. The summed E-state index contributed by atoms with van der Waals surface area (Å²) in [5, 5.41) is 17.3. The molecule has 0 aliphatic heterocycles. The van der Waals surface area contributed by atoms with E-state index in [-0.39, 0.29) is 0 Å². The molecule has 1 aromatic heterocycles. The van der Waals surface area contributed by atoms with Gasteiger partial charge in [0.15, 0.2) is 0 Å². The molecule has 0 saturated carbocycles. The number of aromatic amines is 1. The van der Waals surface area contributed by atoms with E-state index < -0.39 is 0 Å². The summed E-state index contributed by atoms with van der Waals surface area (Å²) in [6.07, 6.45) is 0. The van der Waals surface area contributed by atoms with Gasteiger partial charge in [0.25, 0.3) is 0 Å². The van der Waals surface area contributed by atoms with Gasteiger partial charge in [-0.05, 0) is 202 Å². The van der Waals surface area contributed by atoms with E-state index >= 15 is 0 Å². The van der Waals surface area contributed by atoms with Crippen LogP contribution in [0.15, 0.2) is 443 Å². The zero-order valence-corrected chi connectivity index (χ0v) is 96.5. The van der Waals surface area contributed by atoms with E-state index in [0.29, 0.717) is 0 Å². The van der Waals surface area contributed by atoms with Gasteiger partial charge >= 0.3 is 0 Å². The molecular weight excluding hydrogens is 1730 g/mol. The van der Waals surface area contributed by atoms with Crippen molar-refractivity contribution in [3.63, 3.8) is 0 Å². The number of aromatic nitrogens is 1. The average Bonchev–Trinajstić information content (AvgIpc) is 1.71. The van der Waals surface area contributed by atoms with Crippen molar-refractivity contribution in [3.05, 3.63) is 476 Å². The van der Waals surface area contributed by atoms with Crippen LogP contribution in [0, 0.1) is 41.5 Å². The van der Waals surface area contributed by atoms with Crippen LogP contribution in [0.2, 0.25) is 0 Å². The van der Waals surface area contributed by atoms with Gasteiger partial charge in [0.05, 0.1) is 0 Å². The topological polar surface area (TPSA) is 58.4 Å². The molecule has 0 amide bonds. The minimum absolute atomic E-state index is 1.12. The SMILES string of the molecule is CC.CC.CC.CC.CC.CC.CC.CC.CC.CC.CC.CC.CC.CC.CC.CNc1ccc(C)cc1.CNc1ccc(C)cc1.Cc1ccc(N(C)c2ccccc2)cc1.Cc1ccc(N(c2ccccc2)c2ccccc2)cc1.Cc1ccc(Nc2ccccc2)cc1.Cc1ccc2[nH]c3ccccc3c2c1.c1ccc(-c2ccccc2)cc1.c1ccc2ccccc2c1.c1ccc2ccccc2c1. The average molecular weight is 1930 g/mol. The van der Waals surface area contributed by atoms with Crippen LogP contribution in [0.3, 0.4) is 0 Å². The fraction of sp³-hybridized carbons (Fsp3) is 0.285. The van der Waals surface area contributed by atoms with Crippen molar-refractivity contribution in [2.45, 2.75) is 249 Å². The maximum absolute atomic E-state index is 3.41. The van der Waals surface area contributed by atoms with E-state index in [0.717, 1.165) is 11.4 Å². The third-order valence-corrected chi connectivity index (χ3v) is 18.5. The van der Waals surface area contributed by atoms with Gasteiger partial charge in [-0.3, -0.25) is 0 Å². The molecule has 143 heavy (non-hydrogen) atoms. The third-order valence-electron chi connectivity index (χ3n) is 18.5. The highest BCUT2D eigenvalue weighted by Crippen LogP contribution is 2.35. The summed E-state index contributed by atoms with van der Waals surface area (Å²) in [4.78, 5) is 7.85. The first-order valence-corrected chi connectivity index (χ1v) is 53.5. The van der Waals surface area contributed by atoms with E-state index in [1.807, 2.05) is 270 Å². The van der Waals surface area contributed by atoms with Gasteiger partial charge in [0.1, 0.15) is 0 Å². The predicted octanol–water partition coefficient (Wildman–Crippen LogP) is 45.1. The van der Waals surface area contributed by atoms with Crippen molar-refractivity contribution >= 4 is 94.5 Å². The van der Waals surface area contributed by atoms with Crippen molar-refractivity contribution in [2.24, 2.45) is 0 Å². The Bertz CT molecular complexity index is 5320. The monoisotopic (exact) mass is 1920 g/mol. The number of rotatable bonds is 10. The normalized spacial score (nSPS) is 8.52. The lowest BCUT2D eigenvalue weighted by Gasteiger charge is -2.25. The molecule has 6 heteroatoms. The van der Waals surface area contributed by atoms with Crippen LogP contribution < -0.4 is 25.8 Å². The Balaban J connectivity index is -0.000000359. The smallest absolute Gasteiger partial charge is 0.0465 e. The van der Waals surface area contributed by atoms with Crippen LogP contribution >= 0.6 is 0 Å². The van der Waals surface area contributed by atoms with Crippen LogP contribution in [0.4, 0.5) is 51.2 Å². The number of H-pyrrole nitrogens is 1. The Morgan fingerprint density at radius 1 is 0.175 bits per heavy atom. The molecule has 1 heterocycles. The Morgan fingerprint density at radius 2 is 0.378 bits per heavy atom. The molecule has 0 aliphatic carbocycles. The van der Waals surface area contributed by atoms with Crippen LogP contribution in [-0.4, -0.2) is 26.1 Å². The highest BCUT2D eigenvalue weighted by Gasteiger charge is 2.11. The third kappa shape index (κ3) is 60.1. The molecule has 772 valence electrons. The first kappa shape index (κ1) is 140. The highest BCUT2D eigenvalue weighted by atomic mass is 15.1. The van der Waals surface area contributed by atoms with E-state index in [9.17, 15) is 0 Å². The molecule has 6 nitrogen and oxygen atoms in total. The lowest BCUT2D eigenvalue weighted by atomic mass is 10.1. The van der Waals surface area contributed by atoms with Crippen LogP contribution in [0.5, 0.6) is 0 Å². The lowest BCUT2D eigenvalue weighted by Crippen LogP contribution is -2.09. The summed E-state index contributed by atoms with van der Waals surface area (Å²) < 4.78 is 0. The maximum atomic E-state index is 3.41. The number of nitrogens with one attached hydrogen (secondary N) is 4. The number of hydrogen-bond donors (Lipinski definition) is 4. The summed E-state index contributed by atoms with van der Waals surface area (Å²) in [6, 6.07) is 153. The van der Waals surface area contributed by atoms with Gasteiger partial charge < -0.3 is 30.7 Å². The van der Waals surface area contributed by atoms with Crippen molar-refractivity contribution in [1.29, 1.82) is 0 Å². The molecule has 17 aromatic carbocycles. The van der Waals surface area contributed by atoms with Crippen LogP contribution in [0.25, 0.3) is 54.5 Å².